The zero-order chi connectivity index (χ0) is 14.1. The molecular formula is C18H16N2O. The maximum Gasteiger partial charge on any atom is 0.0908 e. The lowest BCUT2D eigenvalue weighted by atomic mass is 10.1. The van der Waals surface area contributed by atoms with Gasteiger partial charge >= 0.3 is 0 Å². The molecule has 3 heteroatoms. The number of oxime groups is 2. The summed E-state index contributed by atoms with van der Waals surface area (Å²) in [4.78, 5) is 5.29. The van der Waals surface area contributed by atoms with Crippen molar-refractivity contribution in [2.75, 3.05) is 0 Å². The molecule has 0 radical (unpaired) electrons. The Bertz CT molecular complexity index is 683. The Morgan fingerprint density at radius 2 is 1.10 bits per heavy atom. The summed E-state index contributed by atoms with van der Waals surface area (Å²) in [7, 11) is 0. The van der Waals surface area contributed by atoms with Crippen LogP contribution in [0.1, 0.15) is 35.1 Å². The van der Waals surface area contributed by atoms with E-state index in [1.807, 2.05) is 12.1 Å². The van der Waals surface area contributed by atoms with Crippen molar-refractivity contribution in [1.29, 1.82) is 0 Å². The van der Waals surface area contributed by atoms with E-state index in [2.05, 4.69) is 46.7 Å². The van der Waals surface area contributed by atoms with E-state index < -0.39 is 0 Å². The highest BCUT2D eigenvalue weighted by atomic mass is 16.8. The summed E-state index contributed by atoms with van der Waals surface area (Å²) in [5, 5.41) is 8.46. The maximum absolute atomic E-state index is 5.29. The van der Waals surface area contributed by atoms with Crippen molar-refractivity contribution in [1.82, 2.24) is 0 Å². The third-order valence-electron chi connectivity index (χ3n) is 4.22. The van der Waals surface area contributed by atoms with Gasteiger partial charge in [0.1, 0.15) is 0 Å². The smallest absolute Gasteiger partial charge is 0.0908 e. The summed E-state index contributed by atoms with van der Waals surface area (Å²) < 4.78 is 0. The summed E-state index contributed by atoms with van der Waals surface area (Å²) in [5.74, 6) is 0. The second-order valence-electron chi connectivity index (χ2n) is 5.47. The van der Waals surface area contributed by atoms with Gasteiger partial charge in [0.15, 0.2) is 0 Å². The molecule has 0 bridgehead atoms. The quantitative estimate of drug-likeness (QED) is 0.770. The molecule has 0 atom stereocenters. The minimum Gasteiger partial charge on any atom is -0.244 e. The monoisotopic (exact) mass is 276 g/mol. The van der Waals surface area contributed by atoms with Gasteiger partial charge in [-0.3, -0.25) is 0 Å². The molecule has 0 spiro atoms. The minimum atomic E-state index is 0.931. The number of rotatable bonds is 2. The van der Waals surface area contributed by atoms with E-state index in [4.69, 9.17) is 4.94 Å². The van der Waals surface area contributed by atoms with Gasteiger partial charge in [-0.15, -0.1) is 0 Å². The van der Waals surface area contributed by atoms with Gasteiger partial charge in [0.05, 0.1) is 11.4 Å². The third kappa shape index (κ3) is 2.25. The molecule has 0 aromatic heterocycles. The molecule has 21 heavy (non-hydrogen) atoms. The topological polar surface area (TPSA) is 34.0 Å². The molecule has 0 saturated carbocycles. The first-order valence-electron chi connectivity index (χ1n) is 7.38. The Morgan fingerprint density at radius 3 is 1.62 bits per heavy atom. The summed E-state index contributed by atoms with van der Waals surface area (Å²) in [6, 6.07) is 16.7. The summed E-state index contributed by atoms with van der Waals surface area (Å²) >= 11 is 0. The van der Waals surface area contributed by atoms with Gasteiger partial charge < -0.3 is 0 Å². The zero-order valence-corrected chi connectivity index (χ0v) is 11.7. The Hall–Kier alpha value is -2.42. The molecule has 104 valence electrons. The molecule has 2 aromatic rings. The van der Waals surface area contributed by atoms with Crippen LogP contribution in [-0.2, 0) is 17.8 Å². The normalized spacial score (nSPS) is 19.8. The molecule has 0 amide bonds. The first-order valence-corrected chi connectivity index (χ1v) is 7.38. The third-order valence-corrected chi connectivity index (χ3v) is 4.22. The Kier molecular flexibility index (Phi) is 3.03. The van der Waals surface area contributed by atoms with Gasteiger partial charge in [0.25, 0.3) is 0 Å². The maximum atomic E-state index is 5.29. The number of hydrogen-bond donors (Lipinski definition) is 0. The van der Waals surface area contributed by atoms with Crippen molar-refractivity contribution in [3.8, 4) is 0 Å². The van der Waals surface area contributed by atoms with Gasteiger partial charge in [0.2, 0.25) is 0 Å². The second-order valence-corrected chi connectivity index (χ2v) is 5.47. The molecule has 0 fully saturated rings. The SMILES string of the molecule is c1ccc2c(c1)CCC2=NON=C1CCc2ccccc21. The lowest BCUT2D eigenvalue weighted by Crippen LogP contribution is -1.97. The van der Waals surface area contributed by atoms with Gasteiger partial charge in [-0.25, -0.2) is 4.94 Å². The van der Waals surface area contributed by atoms with Crippen LogP contribution in [0.25, 0.3) is 0 Å². The van der Waals surface area contributed by atoms with Gasteiger partial charge in [-0.05, 0) is 36.8 Å². The van der Waals surface area contributed by atoms with Crippen LogP contribution < -0.4 is 0 Å². The predicted octanol–water partition coefficient (Wildman–Crippen LogP) is 3.70. The summed E-state index contributed by atoms with van der Waals surface area (Å²) in [6.07, 6.45) is 3.94. The van der Waals surface area contributed by atoms with Crippen LogP contribution in [0.3, 0.4) is 0 Å². The number of benzene rings is 2. The predicted molar refractivity (Wildman–Crippen MR) is 83.7 cm³/mol. The Morgan fingerprint density at radius 1 is 0.619 bits per heavy atom. The molecular weight excluding hydrogens is 260 g/mol. The molecule has 2 aromatic carbocycles. The Labute approximate surface area is 123 Å². The van der Waals surface area contributed by atoms with Crippen LogP contribution in [0.5, 0.6) is 0 Å². The van der Waals surface area contributed by atoms with Crippen LogP contribution in [0.2, 0.25) is 0 Å². The fourth-order valence-electron chi connectivity index (χ4n) is 3.12. The molecule has 2 aliphatic carbocycles. The highest BCUT2D eigenvalue weighted by Crippen LogP contribution is 2.24. The van der Waals surface area contributed by atoms with E-state index in [1.54, 1.807) is 0 Å². The van der Waals surface area contributed by atoms with E-state index >= 15 is 0 Å². The van der Waals surface area contributed by atoms with Crippen LogP contribution in [-0.4, -0.2) is 11.4 Å². The van der Waals surface area contributed by atoms with E-state index in [-0.39, 0.29) is 0 Å². The standard InChI is InChI=1S/C18H16N2O/c1-3-7-15-13(5-1)9-11-17(15)19-21-20-18-12-10-14-6-2-4-8-16(14)18/h1-8H,9-12H2. The highest BCUT2D eigenvalue weighted by Gasteiger charge is 2.19. The molecule has 3 nitrogen and oxygen atoms in total. The minimum absolute atomic E-state index is 0.931. The lowest BCUT2D eigenvalue weighted by molar-refractivity contribution is 0.155. The second kappa shape index (κ2) is 5.17. The number of nitrogens with zero attached hydrogens (tertiary/aromatic N) is 2. The van der Waals surface area contributed by atoms with E-state index in [1.165, 1.54) is 22.3 Å². The van der Waals surface area contributed by atoms with Crippen molar-refractivity contribution in [2.24, 2.45) is 10.3 Å². The molecule has 0 saturated heterocycles. The van der Waals surface area contributed by atoms with Gasteiger partial charge in [-0.2, -0.15) is 0 Å². The number of fused-ring (bicyclic) bond motifs is 2. The molecule has 0 N–H and O–H groups in total. The largest absolute Gasteiger partial charge is 0.244 e. The van der Waals surface area contributed by atoms with Gasteiger partial charge in [-0.1, -0.05) is 58.8 Å². The lowest BCUT2D eigenvalue weighted by Gasteiger charge is -1.99. The average Bonchev–Trinajstić information content (AvgIpc) is 3.13. The van der Waals surface area contributed by atoms with E-state index in [9.17, 15) is 0 Å². The molecule has 4 rings (SSSR count). The molecule has 0 aliphatic heterocycles. The molecule has 0 unspecified atom stereocenters. The number of hydrogen-bond acceptors (Lipinski definition) is 3. The van der Waals surface area contributed by atoms with Crippen LogP contribution >= 0.6 is 0 Å². The fraction of sp³-hybridized carbons (Fsp3) is 0.222. The van der Waals surface area contributed by atoms with Crippen LogP contribution in [0, 0.1) is 0 Å². The number of aryl methyl sites for hydroxylation is 2. The Balaban J connectivity index is 1.54. The van der Waals surface area contributed by atoms with Crippen molar-refractivity contribution in [3.05, 3.63) is 70.8 Å². The van der Waals surface area contributed by atoms with Crippen LogP contribution in [0.15, 0.2) is 58.8 Å². The fourth-order valence-corrected chi connectivity index (χ4v) is 3.12. The van der Waals surface area contributed by atoms with Crippen molar-refractivity contribution >= 4 is 11.4 Å². The summed E-state index contributed by atoms with van der Waals surface area (Å²) in [6.45, 7) is 0. The summed E-state index contributed by atoms with van der Waals surface area (Å²) in [5.41, 5.74) is 7.09. The van der Waals surface area contributed by atoms with Crippen LogP contribution in [0.4, 0.5) is 0 Å². The van der Waals surface area contributed by atoms with Crippen molar-refractivity contribution < 1.29 is 4.94 Å². The van der Waals surface area contributed by atoms with E-state index in [0.717, 1.165) is 37.1 Å². The zero-order valence-electron chi connectivity index (χ0n) is 11.7. The van der Waals surface area contributed by atoms with Gasteiger partial charge in [0, 0.05) is 11.1 Å². The molecule has 2 aliphatic rings. The average molecular weight is 276 g/mol. The van der Waals surface area contributed by atoms with Crippen molar-refractivity contribution in [3.63, 3.8) is 0 Å². The molecule has 0 heterocycles. The van der Waals surface area contributed by atoms with E-state index in [0.29, 0.717) is 0 Å². The van der Waals surface area contributed by atoms with Crippen molar-refractivity contribution in [2.45, 2.75) is 25.7 Å². The first-order chi connectivity index (χ1) is 10.4. The first kappa shape index (κ1) is 12.3. The highest BCUT2D eigenvalue weighted by molar-refractivity contribution is 6.05.